The van der Waals surface area contributed by atoms with Crippen LogP contribution in [0, 0.1) is 28.1 Å². The van der Waals surface area contributed by atoms with Gasteiger partial charge in [0, 0.05) is 50.0 Å². The normalized spacial score (nSPS) is 34.1. The molecule has 0 N–H and O–H groups in total. The molecule has 3 fully saturated rings. The van der Waals surface area contributed by atoms with Crippen molar-refractivity contribution in [3.8, 4) is 0 Å². The monoisotopic (exact) mass is 596 g/mol. The van der Waals surface area contributed by atoms with Crippen LogP contribution in [0.1, 0.15) is 108 Å². The average Bonchev–Trinajstić information content (AvgIpc) is 3.17. The molecule has 0 saturated heterocycles. The predicted octanol–water partition coefficient (Wildman–Crippen LogP) is 7.40. The number of esters is 3. The van der Waals surface area contributed by atoms with Crippen molar-refractivity contribution in [3.05, 3.63) is 46.6 Å². The third kappa shape index (κ3) is 7.24. The fourth-order valence-electron chi connectivity index (χ4n) is 8.63. The SMILES string of the molecule is CC(=O)OC[C@]1(C)[C@@H]2CC[C@]3(C)/C(=C(C)/C=C/C=C(\C)[C@H](CC=C(C)C)OC(C)=O)C(=O)C[C@H]3[C@@]2(C)CC[C@H]1OC(C)=O. The summed E-state index contributed by atoms with van der Waals surface area (Å²) < 4.78 is 17.0. The van der Waals surface area contributed by atoms with E-state index in [-0.39, 0.29) is 65.2 Å². The Morgan fingerprint density at radius 2 is 1.58 bits per heavy atom. The minimum atomic E-state index is -0.539. The molecule has 3 aliphatic rings. The number of allylic oxidation sites excluding steroid dienone is 6. The largest absolute Gasteiger partial charge is 0.465 e. The van der Waals surface area contributed by atoms with Gasteiger partial charge in [-0.1, -0.05) is 50.6 Å². The molecule has 7 atom stereocenters. The Bertz CT molecular complexity index is 1250. The highest BCUT2D eigenvalue weighted by Crippen LogP contribution is 2.69. The topological polar surface area (TPSA) is 96.0 Å². The van der Waals surface area contributed by atoms with Crippen molar-refractivity contribution in [1.82, 2.24) is 0 Å². The van der Waals surface area contributed by atoms with Gasteiger partial charge < -0.3 is 14.2 Å². The van der Waals surface area contributed by atoms with E-state index < -0.39 is 5.41 Å². The summed E-state index contributed by atoms with van der Waals surface area (Å²) in [6.07, 6.45) is 11.6. The molecule has 0 bridgehead atoms. The van der Waals surface area contributed by atoms with E-state index in [2.05, 4.69) is 26.8 Å². The molecular weight excluding hydrogens is 544 g/mol. The molecule has 3 rings (SSSR count). The molecule has 0 heterocycles. The number of fused-ring (bicyclic) bond motifs is 3. The molecule has 0 aromatic rings. The fourth-order valence-corrected chi connectivity index (χ4v) is 8.63. The Morgan fingerprint density at radius 1 is 0.907 bits per heavy atom. The van der Waals surface area contributed by atoms with Crippen LogP contribution in [0.4, 0.5) is 0 Å². The molecule has 0 spiro atoms. The number of carbonyl (C=O) groups is 4. The van der Waals surface area contributed by atoms with Crippen molar-refractivity contribution in [2.45, 2.75) is 120 Å². The van der Waals surface area contributed by atoms with Gasteiger partial charge in [-0.15, -0.1) is 0 Å². The van der Waals surface area contributed by atoms with Gasteiger partial charge >= 0.3 is 17.9 Å². The number of hydrogen-bond acceptors (Lipinski definition) is 7. The summed E-state index contributed by atoms with van der Waals surface area (Å²) in [7, 11) is 0. The number of carbonyl (C=O) groups excluding carboxylic acids is 4. The summed E-state index contributed by atoms with van der Waals surface area (Å²) in [5.74, 6) is -0.528. The number of Topliss-reactive ketones (excluding diaryl/α,β-unsaturated/α-hetero) is 1. The number of hydrogen-bond donors (Lipinski definition) is 0. The van der Waals surface area contributed by atoms with Crippen LogP contribution < -0.4 is 0 Å². The second-order valence-corrected chi connectivity index (χ2v) is 14.1. The minimum absolute atomic E-state index is 0.128. The molecule has 0 unspecified atom stereocenters. The standard InChI is InChI=1S/C36H52O7/c1-22(2)14-15-29(42-26(6)38)23(3)12-11-13-24(4)33-28(40)20-31-34(8)19-17-32(43-27(7)39)36(10,21-41-25(5)37)30(34)16-18-35(31,33)9/h11-14,29-32H,15-21H2,1-10H3/b13-11+,23-12+,33-24+/t29-,30+,31-,32+,34-,35-,36+/m0/s1. The number of ether oxygens (including phenoxy) is 3. The summed E-state index contributed by atoms with van der Waals surface area (Å²) in [5, 5.41) is 0. The van der Waals surface area contributed by atoms with Crippen LogP contribution in [0.5, 0.6) is 0 Å². The van der Waals surface area contributed by atoms with E-state index in [1.54, 1.807) is 0 Å². The summed E-state index contributed by atoms with van der Waals surface area (Å²) in [6.45, 7) is 19.1. The van der Waals surface area contributed by atoms with Gasteiger partial charge in [0.15, 0.2) is 5.78 Å². The van der Waals surface area contributed by atoms with E-state index in [0.29, 0.717) is 19.3 Å². The first kappa shape index (κ1) is 34.5. The zero-order chi connectivity index (χ0) is 32.3. The lowest BCUT2D eigenvalue weighted by Gasteiger charge is -2.62. The molecule has 0 aromatic carbocycles. The van der Waals surface area contributed by atoms with Crippen molar-refractivity contribution in [3.63, 3.8) is 0 Å². The zero-order valence-corrected chi connectivity index (χ0v) is 27.9. The van der Waals surface area contributed by atoms with Gasteiger partial charge in [-0.2, -0.15) is 0 Å². The molecule has 238 valence electrons. The van der Waals surface area contributed by atoms with Crippen molar-refractivity contribution in [1.29, 1.82) is 0 Å². The van der Waals surface area contributed by atoms with Gasteiger partial charge in [0.05, 0.1) is 0 Å². The quantitative estimate of drug-likeness (QED) is 0.0900. The van der Waals surface area contributed by atoms with Crippen molar-refractivity contribution in [2.75, 3.05) is 6.61 Å². The lowest BCUT2D eigenvalue weighted by molar-refractivity contribution is -0.203. The zero-order valence-electron chi connectivity index (χ0n) is 27.9. The molecule has 43 heavy (non-hydrogen) atoms. The van der Waals surface area contributed by atoms with Crippen molar-refractivity contribution >= 4 is 23.7 Å². The van der Waals surface area contributed by atoms with Gasteiger partial charge in [0.25, 0.3) is 0 Å². The Labute approximate surface area is 258 Å². The summed E-state index contributed by atoms with van der Waals surface area (Å²) in [4.78, 5) is 49.3. The van der Waals surface area contributed by atoms with E-state index >= 15 is 0 Å². The molecule has 7 heteroatoms. The lowest BCUT2D eigenvalue weighted by Crippen LogP contribution is -2.60. The summed E-state index contributed by atoms with van der Waals surface area (Å²) in [5.41, 5.74) is 2.97. The van der Waals surface area contributed by atoms with Crippen LogP contribution >= 0.6 is 0 Å². The van der Waals surface area contributed by atoms with Crippen LogP contribution in [0.15, 0.2) is 46.6 Å². The Kier molecular flexibility index (Phi) is 10.7. The second-order valence-electron chi connectivity index (χ2n) is 14.1. The summed E-state index contributed by atoms with van der Waals surface area (Å²) >= 11 is 0. The molecule has 3 aliphatic carbocycles. The van der Waals surface area contributed by atoms with E-state index in [4.69, 9.17) is 14.2 Å². The first-order valence-corrected chi connectivity index (χ1v) is 15.7. The molecule has 0 radical (unpaired) electrons. The third-order valence-corrected chi connectivity index (χ3v) is 10.6. The summed E-state index contributed by atoms with van der Waals surface area (Å²) in [6, 6.07) is 0. The van der Waals surface area contributed by atoms with E-state index in [9.17, 15) is 19.2 Å². The maximum atomic E-state index is 13.8. The Hall–Kier alpha value is -2.96. The molecule has 7 nitrogen and oxygen atoms in total. The van der Waals surface area contributed by atoms with E-state index in [1.807, 2.05) is 45.9 Å². The lowest BCUT2D eigenvalue weighted by atomic mass is 9.43. The van der Waals surface area contributed by atoms with Crippen LogP contribution in [-0.2, 0) is 33.4 Å². The number of ketones is 1. The maximum Gasteiger partial charge on any atom is 0.303 e. The highest BCUT2D eigenvalue weighted by Gasteiger charge is 2.66. The van der Waals surface area contributed by atoms with Crippen LogP contribution in [-0.4, -0.2) is 42.5 Å². The second kappa shape index (κ2) is 13.4. The van der Waals surface area contributed by atoms with Crippen LogP contribution in [0.2, 0.25) is 0 Å². The molecule has 3 saturated carbocycles. The van der Waals surface area contributed by atoms with Crippen molar-refractivity contribution in [2.24, 2.45) is 28.1 Å². The van der Waals surface area contributed by atoms with E-state index in [0.717, 1.165) is 36.0 Å². The van der Waals surface area contributed by atoms with Crippen molar-refractivity contribution < 1.29 is 33.4 Å². The number of rotatable bonds is 9. The van der Waals surface area contributed by atoms with Gasteiger partial charge in [-0.25, -0.2) is 0 Å². The van der Waals surface area contributed by atoms with Gasteiger partial charge in [0.2, 0.25) is 0 Å². The first-order valence-electron chi connectivity index (χ1n) is 15.7. The van der Waals surface area contributed by atoms with Gasteiger partial charge in [-0.3, -0.25) is 19.2 Å². The van der Waals surface area contributed by atoms with Crippen LogP contribution in [0.25, 0.3) is 0 Å². The predicted molar refractivity (Wildman–Crippen MR) is 167 cm³/mol. The van der Waals surface area contributed by atoms with Gasteiger partial charge in [0.1, 0.15) is 18.8 Å². The average molecular weight is 597 g/mol. The molecular formula is C36H52O7. The van der Waals surface area contributed by atoms with Gasteiger partial charge in [-0.05, 0) is 81.8 Å². The Balaban J connectivity index is 1.93. The minimum Gasteiger partial charge on any atom is -0.465 e. The first-order chi connectivity index (χ1) is 20.0. The third-order valence-electron chi connectivity index (χ3n) is 10.6. The highest BCUT2D eigenvalue weighted by molar-refractivity contribution is 6.00. The highest BCUT2D eigenvalue weighted by atomic mass is 16.6. The fraction of sp³-hybridized carbons (Fsp3) is 0.667. The smallest absolute Gasteiger partial charge is 0.303 e. The maximum absolute atomic E-state index is 13.8. The van der Waals surface area contributed by atoms with Crippen LogP contribution in [0.3, 0.4) is 0 Å². The molecule has 0 amide bonds. The molecule has 0 aliphatic heterocycles. The van der Waals surface area contributed by atoms with E-state index in [1.165, 1.54) is 26.3 Å². The molecule has 0 aromatic heterocycles. The Morgan fingerprint density at radius 3 is 2.16 bits per heavy atom.